The zero-order valence-corrected chi connectivity index (χ0v) is 59.1. The van der Waals surface area contributed by atoms with Crippen LogP contribution in [0.25, 0.3) is 0 Å². The van der Waals surface area contributed by atoms with Crippen LogP contribution < -0.4 is 9.47 Å². The van der Waals surface area contributed by atoms with Crippen LogP contribution >= 0.6 is 0 Å². The van der Waals surface area contributed by atoms with E-state index in [1.807, 2.05) is 144 Å². The minimum absolute atomic E-state index is 0.0287. The van der Waals surface area contributed by atoms with Gasteiger partial charge in [-0.15, -0.1) is 0 Å². The van der Waals surface area contributed by atoms with E-state index in [0.717, 1.165) is 34.4 Å². The summed E-state index contributed by atoms with van der Waals surface area (Å²) in [5.41, 5.74) is 1.54. The van der Waals surface area contributed by atoms with Gasteiger partial charge in [0.1, 0.15) is 35.9 Å². The standard InChI is InChI=1S/C62H116N2O10Si4/c1-55(2,3)63(53(65)73-57(7,8)9)42-49(40-61(18,19)76(24,25)68)45-30-32-51(47(38-45)34-35-60(16,17)75(22,23)67)70-36-37-71-52-33-31-46(39-48(52)44-72-78(28,29)59(13,14)15)50(41-62(20,21)77(26,27)69)43-64(56(4,5)6)54(66)74-58(10,11)12/h30-33,38-39,49-50,67-69H,34-37,40-44H2,1-29H3. The molecule has 3 N–H and O–H groups in total. The van der Waals surface area contributed by atoms with E-state index in [1.54, 1.807) is 0 Å². The highest BCUT2D eigenvalue weighted by Crippen LogP contribution is 2.48. The van der Waals surface area contributed by atoms with Gasteiger partial charge in [-0.1, -0.05) is 80.5 Å². The molecule has 78 heavy (non-hydrogen) atoms. The lowest BCUT2D eigenvalue weighted by Gasteiger charge is -2.42. The lowest BCUT2D eigenvalue weighted by Crippen LogP contribution is -2.50. The van der Waals surface area contributed by atoms with Crippen LogP contribution in [0.5, 0.6) is 11.5 Å². The normalized spacial score (nSPS) is 14.9. The van der Waals surface area contributed by atoms with Gasteiger partial charge in [-0.25, -0.2) is 9.59 Å². The van der Waals surface area contributed by atoms with Gasteiger partial charge in [-0.3, -0.25) is 0 Å². The van der Waals surface area contributed by atoms with E-state index in [4.69, 9.17) is 23.4 Å². The maximum absolute atomic E-state index is 14.0. The van der Waals surface area contributed by atoms with Gasteiger partial charge in [0.25, 0.3) is 0 Å². The Morgan fingerprint density at radius 2 is 0.833 bits per heavy atom. The summed E-state index contributed by atoms with van der Waals surface area (Å²) in [7, 11) is -10.2. The van der Waals surface area contributed by atoms with E-state index in [-0.39, 0.29) is 47.3 Å². The van der Waals surface area contributed by atoms with Gasteiger partial charge in [-0.05, 0) is 216 Å². The third-order valence-electron chi connectivity index (χ3n) is 17.3. The predicted octanol–water partition coefficient (Wildman–Crippen LogP) is 16.6. The van der Waals surface area contributed by atoms with Crippen LogP contribution in [-0.4, -0.2) is 118 Å². The molecule has 0 saturated carbocycles. The maximum Gasteiger partial charge on any atom is 0.410 e. The van der Waals surface area contributed by atoms with Gasteiger partial charge >= 0.3 is 12.2 Å². The number of amides is 2. The second-order valence-electron chi connectivity index (χ2n) is 31.6. The SMILES string of the molecule is CC(C)(C)OC(=O)N(CC(CC(C)(C)[Si](C)(C)O)c1ccc(OCCOc2ccc(C(CN(C(=O)OC(C)(C)C)C(C)(C)C)CC(C)(C)[Si](C)(C)O)cc2CO[Si](C)(C)C(C)(C)C)c(CCC(C)(C)[Si](C)(C)O)c1)C(C)(C)C. The fourth-order valence-corrected chi connectivity index (χ4v) is 11.6. The molecular weight excluding hydrogens is 1050 g/mol. The molecule has 450 valence electrons. The highest BCUT2D eigenvalue weighted by atomic mass is 28.4. The van der Waals surface area contributed by atoms with Crippen molar-refractivity contribution in [1.29, 1.82) is 0 Å². The number of benzene rings is 2. The topological polar surface area (TPSA) is 147 Å². The summed E-state index contributed by atoms with van der Waals surface area (Å²) in [6.07, 6.45) is 1.94. The van der Waals surface area contributed by atoms with Crippen molar-refractivity contribution in [2.45, 2.75) is 284 Å². The number of rotatable bonds is 24. The zero-order valence-electron chi connectivity index (χ0n) is 55.1. The average Bonchev–Trinajstić information content (AvgIpc) is 3.20. The summed E-state index contributed by atoms with van der Waals surface area (Å²) >= 11 is 0. The maximum atomic E-state index is 14.0. The summed E-state index contributed by atoms with van der Waals surface area (Å²) < 4.78 is 32.3. The number of ether oxygens (including phenoxy) is 4. The van der Waals surface area contributed by atoms with Gasteiger partial charge in [0, 0.05) is 41.6 Å². The largest absolute Gasteiger partial charge is 0.490 e. The first kappa shape index (κ1) is 71.4. The predicted molar refractivity (Wildman–Crippen MR) is 336 cm³/mol. The Bertz CT molecular complexity index is 2120. The summed E-state index contributed by atoms with van der Waals surface area (Å²) in [5, 5.41) is -1.12. The molecule has 0 aromatic heterocycles. The van der Waals surface area contributed by atoms with Crippen LogP contribution in [0.2, 0.25) is 72.5 Å². The molecule has 2 unspecified atom stereocenters. The number of carbonyl (C=O) groups is 2. The quantitative estimate of drug-likeness (QED) is 0.0685. The highest BCUT2D eigenvalue weighted by Gasteiger charge is 2.45. The van der Waals surface area contributed by atoms with E-state index in [2.05, 4.69) is 99.7 Å². The molecule has 0 heterocycles. The third-order valence-corrected chi connectivity index (χ3v) is 32.3. The summed E-state index contributed by atoms with van der Waals surface area (Å²) in [5.74, 6) is 1.12. The second-order valence-corrected chi connectivity index (χ2v) is 49.9. The Kier molecular flexibility index (Phi) is 23.3. The molecule has 2 rings (SSSR count). The molecule has 0 spiro atoms. The van der Waals surface area contributed by atoms with Crippen molar-refractivity contribution < 1.29 is 47.3 Å². The van der Waals surface area contributed by atoms with Gasteiger partial charge in [-0.2, -0.15) is 0 Å². The van der Waals surface area contributed by atoms with E-state index < -0.39 is 65.6 Å². The fourth-order valence-electron chi connectivity index (χ4n) is 8.45. The Hall–Kier alpha value is -2.71. The molecule has 2 aromatic rings. The third kappa shape index (κ3) is 21.2. The number of carbonyl (C=O) groups excluding carboxylic acids is 2. The molecule has 0 fully saturated rings. The lowest BCUT2D eigenvalue weighted by atomic mass is 9.86. The van der Waals surface area contributed by atoms with E-state index in [1.165, 1.54) is 0 Å². The van der Waals surface area contributed by atoms with Crippen molar-refractivity contribution in [3.63, 3.8) is 0 Å². The van der Waals surface area contributed by atoms with Gasteiger partial charge < -0.3 is 47.6 Å². The summed E-state index contributed by atoms with van der Waals surface area (Å²) in [6, 6.07) is 12.7. The van der Waals surface area contributed by atoms with Crippen LogP contribution in [0.4, 0.5) is 9.59 Å². The molecule has 0 bridgehead atoms. The Morgan fingerprint density at radius 1 is 0.500 bits per heavy atom. The highest BCUT2D eigenvalue weighted by molar-refractivity contribution is 6.74. The molecule has 0 aliphatic carbocycles. The number of nitrogens with zero attached hydrogens (tertiary/aromatic N) is 2. The first-order valence-corrected chi connectivity index (χ1v) is 40.6. The Balaban J connectivity index is 2.81. The Morgan fingerprint density at radius 3 is 1.14 bits per heavy atom. The van der Waals surface area contributed by atoms with Crippen molar-refractivity contribution in [1.82, 2.24) is 9.80 Å². The fraction of sp³-hybridized carbons (Fsp3) is 0.774. The molecule has 12 nitrogen and oxygen atoms in total. The first-order valence-electron chi connectivity index (χ1n) is 28.9. The summed E-state index contributed by atoms with van der Waals surface area (Å²) in [4.78, 5) is 66.3. The number of hydrogen-bond acceptors (Lipinski definition) is 10. The van der Waals surface area contributed by atoms with E-state index in [9.17, 15) is 24.0 Å². The minimum atomic E-state index is -2.69. The van der Waals surface area contributed by atoms with Crippen molar-refractivity contribution in [3.8, 4) is 11.5 Å². The molecule has 0 aliphatic heterocycles. The number of aryl methyl sites for hydroxylation is 1. The zero-order chi connectivity index (χ0) is 61.1. The average molecular weight is 1160 g/mol. The molecule has 2 amide bonds. The first-order chi connectivity index (χ1) is 34.5. The summed E-state index contributed by atoms with van der Waals surface area (Å²) in [6.45, 7) is 61.1. The molecule has 2 aromatic carbocycles. The second kappa shape index (κ2) is 25.4. The van der Waals surface area contributed by atoms with Crippen molar-refractivity contribution in [2.75, 3.05) is 26.3 Å². The van der Waals surface area contributed by atoms with Crippen molar-refractivity contribution >= 4 is 45.5 Å². The van der Waals surface area contributed by atoms with Crippen molar-refractivity contribution in [3.05, 3.63) is 58.7 Å². The van der Waals surface area contributed by atoms with Crippen molar-refractivity contribution in [2.24, 2.45) is 0 Å². The Labute approximate surface area is 481 Å². The monoisotopic (exact) mass is 1160 g/mol. The van der Waals surface area contributed by atoms with Gasteiger partial charge in [0.2, 0.25) is 0 Å². The van der Waals surface area contributed by atoms with Crippen LogP contribution in [-0.2, 0) is 26.9 Å². The van der Waals surface area contributed by atoms with Crippen LogP contribution in [0.1, 0.15) is 199 Å². The molecular formula is C62H116N2O10Si4. The van der Waals surface area contributed by atoms with E-state index >= 15 is 0 Å². The van der Waals surface area contributed by atoms with Gasteiger partial charge in [0.05, 0.1) is 6.61 Å². The molecule has 0 radical (unpaired) electrons. The number of hydrogen-bond donors (Lipinski definition) is 3. The van der Waals surface area contributed by atoms with E-state index in [0.29, 0.717) is 44.7 Å². The van der Waals surface area contributed by atoms with Crippen LogP contribution in [0, 0.1) is 0 Å². The lowest BCUT2D eigenvalue weighted by molar-refractivity contribution is 0.00276. The smallest absolute Gasteiger partial charge is 0.410 e. The van der Waals surface area contributed by atoms with Gasteiger partial charge in [0.15, 0.2) is 33.3 Å². The van der Waals surface area contributed by atoms with Crippen LogP contribution in [0.15, 0.2) is 36.4 Å². The minimum Gasteiger partial charge on any atom is -0.490 e. The van der Waals surface area contributed by atoms with Crippen LogP contribution in [0.3, 0.4) is 0 Å². The molecule has 0 aliphatic rings. The molecule has 2 atom stereocenters. The molecule has 0 saturated heterocycles. The molecule has 16 heteroatoms.